The van der Waals surface area contributed by atoms with Crippen molar-refractivity contribution in [3.63, 3.8) is 0 Å². The van der Waals surface area contributed by atoms with Gasteiger partial charge >= 0.3 is 0 Å². The monoisotopic (exact) mass is 297 g/mol. The van der Waals surface area contributed by atoms with Gasteiger partial charge in [-0.3, -0.25) is 0 Å². The normalized spacial score (nSPS) is 10.6. The predicted octanol–water partition coefficient (Wildman–Crippen LogP) is 3.14. The first-order valence-corrected chi connectivity index (χ1v) is 6.71. The van der Waals surface area contributed by atoms with Crippen LogP contribution in [-0.2, 0) is 0 Å². The van der Waals surface area contributed by atoms with E-state index in [2.05, 4.69) is 20.2 Å². The maximum atomic E-state index is 6.03. The summed E-state index contributed by atoms with van der Waals surface area (Å²) >= 11 is 6.03. The smallest absolute Gasteiger partial charge is 0.240 e. The number of pyridine rings is 1. The fourth-order valence-electron chi connectivity index (χ4n) is 2.09. The van der Waals surface area contributed by atoms with Crippen molar-refractivity contribution in [2.24, 2.45) is 0 Å². The minimum atomic E-state index is 0.134. The Balaban J connectivity index is 2.23. The number of halogens is 1. The van der Waals surface area contributed by atoms with Crippen molar-refractivity contribution in [2.45, 2.75) is 6.92 Å². The molecular formula is C15H12ClN5. The molecule has 0 saturated carbocycles. The van der Waals surface area contributed by atoms with Gasteiger partial charge in [0.1, 0.15) is 16.5 Å². The van der Waals surface area contributed by atoms with Gasteiger partial charge in [0.25, 0.3) is 0 Å². The van der Waals surface area contributed by atoms with Crippen LogP contribution in [-0.4, -0.2) is 20.2 Å². The Morgan fingerprint density at radius 2 is 1.67 bits per heavy atom. The lowest BCUT2D eigenvalue weighted by atomic mass is 10.0. The zero-order chi connectivity index (χ0) is 14.8. The number of anilines is 1. The molecule has 0 fully saturated rings. The van der Waals surface area contributed by atoms with Gasteiger partial charge in [-0.05, 0) is 19.1 Å². The molecule has 6 heteroatoms. The van der Waals surface area contributed by atoms with E-state index in [4.69, 9.17) is 17.3 Å². The van der Waals surface area contributed by atoms with E-state index < -0.39 is 0 Å². The van der Waals surface area contributed by atoms with Gasteiger partial charge in [-0.2, -0.15) is 0 Å². The maximum absolute atomic E-state index is 6.03. The third-order valence-corrected chi connectivity index (χ3v) is 3.14. The molecule has 0 aliphatic carbocycles. The van der Waals surface area contributed by atoms with Crippen LogP contribution in [0.2, 0.25) is 5.15 Å². The van der Waals surface area contributed by atoms with Gasteiger partial charge in [0, 0.05) is 16.8 Å². The summed E-state index contributed by atoms with van der Waals surface area (Å²) in [6.45, 7) is 1.87. The van der Waals surface area contributed by atoms with E-state index >= 15 is 0 Å². The van der Waals surface area contributed by atoms with E-state index in [1.165, 1.54) is 0 Å². The minimum absolute atomic E-state index is 0.134. The van der Waals surface area contributed by atoms with Crippen molar-refractivity contribution < 1.29 is 0 Å². The second-order valence-corrected chi connectivity index (χ2v) is 4.94. The molecule has 0 bridgehead atoms. The Labute approximate surface area is 126 Å². The molecule has 0 spiro atoms. The molecule has 21 heavy (non-hydrogen) atoms. The lowest BCUT2D eigenvalue weighted by Gasteiger charge is -2.08. The molecule has 0 unspecified atom stereocenters. The van der Waals surface area contributed by atoms with Crippen LogP contribution in [0.15, 0.2) is 42.5 Å². The highest BCUT2D eigenvalue weighted by atomic mass is 35.5. The highest BCUT2D eigenvalue weighted by Crippen LogP contribution is 2.29. The molecule has 1 aromatic carbocycles. The van der Waals surface area contributed by atoms with E-state index in [1.807, 2.05) is 43.3 Å². The van der Waals surface area contributed by atoms with Crippen LogP contribution in [0.1, 0.15) is 5.69 Å². The third kappa shape index (κ3) is 2.83. The number of rotatable bonds is 2. The molecule has 0 amide bonds. The van der Waals surface area contributed by atoms with Gasteiger partial charge in [0.05, 0.1) is 0 Å². The topological polar surface area (TPSA) is 77.6 Å². The van der Waals surface area contributed by atoms with Crippen LogP contribution in [0, 0.1) is 6.92 Å². The molecule has 3 rings (SSSR count). The average molecular weight is 298 g/mol. The molecule has 0 aliphatic rings. The summed E-state index contributed by atoms with van der Waals surface area (Å²) in [6.07, 6.45) is 0. The zero-order valence-corrected chi connectivity index (χ0v) is 12.0. The molecule has 3 aromatic rings. The first kappa shape index (κ1) is 13.5. The standard InChI is InChI=1S/C15H12ClN5/c1-9-7-11(8-12(16)18-9)14-13(19-15(17)21-20-14)10-5-3-2-4-6-10/h2-8H,1H3,(H2,17,19,21). The van der Waals surface area contributed by atoms with Gasteiger partial charge in [-0.1, -0.05) is 41.9 Å². The highest BCUT2D eigenvalue weighted by molar-refractivity contribution is 6.29. The molecule has 2 N–H and O–H groups in total. The van der Waals surface area contributed by atoms with Crippen LogP contribution >= 0.6 is 11.6 Å². The summed E-state index contributed by atoms with van der Waals surface area (Å²) in [7, 11) is 0. The van der Waals surface area contributed by atoms with E-state index in [0.29, 0.717) is 16.5 Å². The summed E-state index contributed by atoms with van der Waals surface area (Å²) in [5.74, 6) is 0.134. The SMILES string of the molecule is Cc1cc(-c2nnc(N)nc2-c2ccccc2)cc(Cl)n1. The van der Waals surface area contributed by atoms with Crippen LogP contribution in [0.25, 0.3) is 22.5 Å². The Hall–Kier alpha value is -2.53. The quantitative estimate of drug-likeness (QED) is 0.735. The molecule has 0 saturated heterocycles. The van der Waals surface area contributed by atoms with Crippen LogP contribution in [0.4, 0.5) is 5.95 Å². The Morgan fingerprint density at radius 1 is 0.905 bits per heavy atom. The maximum Gasteiger partial charge on any atom is 0.240 e. The van der Waals surface area contributed by atoms with Gasteiger partial charge in [-0.15, -0.1) is 10.2 Å². The molecule has 0 aliphatic heterocycles. The number of nitrogens with zero attached hydrogens (tertiary/aromatic N) is 4. The summed E-state index contributed by atoms with van der Waals surface area (Å²) in [5, 5.41) is 8.44. The largest absolute Gasteiger partial charge is 0.366 e. The Morgan fingerprint density at radius 3 is 2.38 bits per heavy atom. The number of benzene rings is 1. The van der Waals surface area contributed by atoms with Crippen molar-refractivity contribution in [1.82, 2.24) is 20.2 Å². The molecule has 2 heterocycles. The predicted molar refractivity (Wildman–Crippen MR) is 82.7 cm³/mol. The van der Waals surface area contributed by atoms with E-state index in [-0.39, 0.29) is 5.95 Å². The van der Waals surface area contributed by atoms with Gasteiger partial charge in [-0.25, -0.2) is 9.97 Å². The molecule has 0 radical (unpaired) electrons. The summed E-state index contributed by atoms with van der Waals surface area (Å²) < 4.78 is 0. The second kappa shape index (κ2) is 5.46. The van der Waals surface area contributed by atoms with Gasteiger partial charge < -0.3 is 5.73 Å². The Kier molecular flexibility index (Phi) is 3.50. The number of hydrogen-bond donors (Lipinski definition) is 1. The molecule has 5 nitrogen and oxygen atoms in total. The number of hydrogen-bond acceptors (Lipinski definition) is 5. The lowest BCUT2D eigenvalue weighted by Crippen LogP contribution is -2.02. The molecular weight excluding hydrogens is 286 g/mol. The number of nitrogens with two attached hydrogens (primary N) is 1. The molecule has 0 atom stereocenters. The van der Waals surface area contributed by atoms with Crippen LogP contribution in [0.3, 0.4) is 0 Å². The zero-order valence-electron chi connectivity index (χ0n) is 11.3. The minimum Gasteiger partial charge on any atom is -0.366 e. The number of nitrogen functional groups attached to an aromatic ring is 1. The van der Waals surface area contributed by atoms with Crippen molar-refractivity contribution in [3.8, 4) is 22.5 Å². The summed E-state index contributed by atoms with van der Waals surface area (Å²) in [4.78, 5) is 8.47. The molecule has 104 valence electrons. The molecule has 2 aromatic heterocycles. The van der Waals surface area contributed by atoms with Gasteiger partial charge in [0.15, 0.2) is 0 Å². The Bertz CT molecular complexity index is 769. The fraction of sp³-hybridized carbons (Fsp3) is 0.0667. The highest BCUT2D eigenvalue weighted by Gasteiger charge is 2.13. The number of aromatic nitrogens is 4. The van der Waals surface area contributed by atoms with Crippen molar-refractivity contribution in [2.75, 3.05) is 5.73 Å². The van der Waals surface area contributed by atoms with E-state index in [9.17, 15) is 0 Å². The number of aryl methyl sites for hydroxylation is 1. The van der Waals surface area contributed by atoms with Crippen molar-refractivity contribution in [3.05, 3.63) is 53.3 Å². The van der Waals surface area contributed by atoms with Crippen LogP contribution in [0.5, 0.6) is 0 Å². The van der Waals surface area contributed by atoms with E-state index in [0.717, 1.165) is 16.8 Å². The first-order chi connectivity index (χ1) is 10.1. The first-order valence-electron chi connectivity index (χ1n) is 6.33. The van der Waals surface area contributed by atoms with E-state index in [1.54, 1.807) is 6.07 Å². The van der Waals surface area contributed by atoms with Gasteiger partial charge in [0.2, 0.25) is 5.95 Å². The second-order valence-electron chi connectivity index (χ2n) is 4.55. The average Bonchev–Trinajstić information content (AvgIpc) is 2.47. The fourth-order valence-corrected chi connectivity index (χ4v) is 2.35. The van der Waals surface area contributed by atoms with Crippen molar-refractivity contribution >= 4 is 17.5 Å². The lowest BCUT2D eigenvalue weighted by molar-refractivity contribution is 0.995. The van der Waals surface area contributed by atoms with Crippen molar-refractivity contribution in [1.29, 1.82) is 0 Å². The summed E-state index contributed by atoms with van der Waals surface area (Å²) in [5.41, 5.74) is 9.51. The third-order valence-electron chi connectivity index (χ3n) is 2.95. The summed E-state index contributed by atoms with van der Waals surface area (Å²) in [6, 6.07) is 13.3. The van der Waals surface area contributed by atoms with Crippen LogP contribution < -0.4 is 5.73 Å².